The third-order valence-corrected chi connectivity index (χ3v) is 4.22. The molecule has 0 spiro atoms. The minimum atomic E-state index is -0.401. The second kappa shape index (κ2) is 7.65. The predicted molar refractivity (Wildman–Crippen MR) is 98.3 cm³/mol. The van der Waals surface area contributed by atoms with Crippen molar-refractivity contribution in [1.82, 2.24) is 19.6 Å². The molecule has 1 fully saturated rings. The number of piperazine rings is 1. The highest BCUT2D eigenvalue weighted by Gasteiger charge is 2.19. The Hall–Kier alpha value is -2.74. The van der Waals surface area contributed by atoms with Gasteiger partial charge in [-0.1, -0.05) is 13.8 Å². The number of carbonyl (C=O) groups is 2. The molecule has 0 unspecified atom stereocenters. The highest BCUT2D eigenvalue weighted by molar-refractivity contribution is 5.94. The summed E-state index contributed by atoms with van der Waals surface area (Å²) in [4.78, 5) is 43.2. The quantitative estimate of drug-likeness (QED) is 0.841. The SMILES string of the molecule is CC(C)CC(=O)Nc1cnc2ccc(C(=O)N3CCNCC3)cn2c1=O. The zero-order chi connectivity index (χ0) is 18.7. The topological polar surface area (TPSA) is 95.8 Å². The number of amides is 2. The van der Waals surface area contributed by atoms with Crippen LogP contribution < -0.4 is 16.2 Å². The molecule has 8 heteroatoms. The Morgan fingerprint density at radius 2 is 2.00 bits per heavy atom. The van der Waals surface area contributed by atoms with E-state index >= 15 is 0 Å². The maximum Gasteiger partial charge on any atom is 0.281 e. The summed E-state index contributed by atoms with van der Waals surface area (Å²) in [6.45, 7) is 6.64. The normalized spacial score (nSPS) is 14.7. The number of fused-ring (bicyclic) bond motifs is 1. The van der Waals surface area contributed by atoms with Gasteiger partial charge in [0.05, 0.1) is 11.8 Å². The summed E-state index contributed by atoms with van der Waals surface area (Å²) in [5, 5.41) is 5.81. The first-order valence-corrected chi connectivity index (χ1v) is 8.77. The Bertz CT molecular complexity index is 884. The number of aromatic nitrogens is 2. The molecular formula is C18H23N5O3. The maximum atomic E-state index is 12.7. The second-order valence-electron chi connectivity index (χ2n) is 6.81. The average molecular weight is 357 g/mol. The molecule has 2 amide bonds. The lowest BCUT2D eigenvalue weighted by Gasteiger charge is -2.27. The predicted octanol–water partition coefficient (Wildman–Crippen LogP) is 0.725. The fourth-order valence-corrected chi connectivity index (χ4v) is 2.91. The fraction of sp³-hybridized carbons (Fsp3) is 0.444. The van der Waals surface area contributed by atoms with Gasteiger partial charge in [0.15, 0.2) is 0 Å². The summed E-state index contributed by atoms with van der Waals surface area (Å²) in [5.74, 6) is -0.157. The Labute approximate surface area is 151 Å². The molecule has 2 aromatic rings. The van der Waals surface area contributed by atoms with Crippen molar-refractivity contribution < 1.29 is 9.59 Å². The van der Waals surface area contributed by atoms with Gasteiger partial charge in [-0.15, -0.1) is 0 Å². The van der Waals surface area contributed by atoms with Crippen LogP contribution in [0.25, 0.3) is 5.65 Å². The fourth-order valence-electron chi connectivity index (χ4n) is 2.91. The minimum Gasteiger partial charge on any atom is -0.336 e. The molecule has 1 aliphatic heterocycles. The van der Waals surface area contributed by atoms with Gasteiger partial charge in [-0.25, -0.2) is 4.98 Å². The molecule has 8 nitrogen and oxygen atoms in total. The molecule has 0 aliphatic carbocycles. The van der Waals surface area contributed by atoms with Crippen LogP contribution in [0.2, 0.25) is 0 Å². The lowest BCUT2D eigenvalue weighted by molar-refractivity contribution is -0.116. The van der Waals surface area contributed by atoms with Crippen molar-refractivity contribution >= 4 is 23.1 Å². The summed E-state index contributed by atoms with van der Waals surface area (Å²) in [5.41, 5.74) is 0.560. The average Bonchev–Trinajstić information content (AvgIpc) is 2.63. The lowest BCUT2D eigenvalue weighted by atomic mass is 10.1. The van der Waals surface area contributed by atoms with E-state index in [1.807, 2.05) is 13.8 Å². The third-order valence-electron chi connectivity index (χ3n) is 4.22. The van der Waals surface area contributed by atoms with Crippen molar-refractivity contribution in [3.63, 3.8) is 0 Å². The van der Waals surface area contributed by atoms with E-state index in [-0.39, 0.29) is 23.4 Å². The molecule has 2 N–H and O–H groups in total. The van der Waals surface area contributed by atoms with E-state index in [9.17, 15) is 14.4 Å². The number of carbonyl (C=O) groups excluding carboxylic acids is 2. The number of hydrogen-bond acceptors (Lipinski definition) is 5. The number of nitrogens with one attached hydrogen (secondary N) is 2. The van der Waals surface area contributed by atoms with Crippen molar-refractivity contribution in [2.24, 2.45) is 5.92 Å². The summed E-state index contributed by atoms with van der Waals surface area (Å²) in [7, 11) is 0. The Morgan fingerprint density at radius 3 is 2.69 bits per heavy atom. The Morgan fingerprint density at radius 1 is 1.27 bits per heavy atom. The van der Waals surface area contributed by atoms with Crippen LogP contribution in [0.3, 0.4) is 0 Å². The van der Waals surface area contributed by atoms with Crippen molar-refractivity contribution in [3.8, 4) is 0 Å². The third kappa shape index (κ3) is 3.91. The first-order valence-electron chi connectivity index (χ1n) is 8.77. The van der Waals surface area contributed by atoms with E-state index in [0.29, 0.717) is 30.7 Å². The van der Waals surface area contributed by atoms with E-state index in [2.05, 4.69) is 15.6 Å². The van der Waals surface area contributed by atoms with Gasteiger partial charge >= 0.3 is 0 Å². The van der Waals surface area contributed by atoms with Gasteiger partial charge in [0.1, 0.15) is 11.3 Å². The van der Waals surface area contributed by atoms with Gasteiger partial charge in [0, 0.05) is 38.8 Å². The van der Waals surface area contributed by atoms with Crippen molar-refractivity contribution in [1.29, 1.82) is 0 Å². The van der Waals surface area contributed by atoms with Gasteiger partial charge in [-0.05, 0) is 18.1 Å². The molecule has 26 heavy (non-hydrogen) atoms. The summed E-state index contributed by atoms with van der Waals surface area (Å²) in [6, 6.07) is 3.31. The van der Waals surface area contributed by atoms with Crippen LogP contribution in [0.5, 0.6) is 0 Å². The summed E-state index contributed by atoms with van der Waals surface area (Å²) in [6.07, 6.45) is 3.17. The highest BCUT2D eigenvalue weighted by Crippen LogP contribution is 2.10. The first kappa shape index (κ1) is 18.1. The van der Waals surface area contributed by atoms with Gasteiger partial charge in [-0.3, -0.25) is 18.8 Å². The van der Waals surface area contributed by atoms with Crippen LogP contribution >= 0.6 is 0 Å². The van der Waals surface area contributed by atoms with Crippen molar-refractivity contribution in [2.45, 2.75) is 20.3 Å². The van der Waals surface area contributed by atoms with E-state index < -0.39 is 5.56 Å². The van der Waals surface area contributed by atoms with Crippen LogP contribution in [-0.2, 0) is 4.79 Å². The minimum absolute atomic E-state index is 0.111. The molecule has 0 saturated carbocycles. The Balaban J connectivity index is 1.90. The molecule has 3 heterocycles. The number of rotatable bonds is 4. The highest BCUT2D eigenvalue weighted by atomic mass is 16.2. The number of anilines is 1. The summed E-state index contributed by atoms with van der Waals surface area (Å²) >= 11 is 0. The van der Waals surface area contributed by atoms with Gasteiger partial charge in [0.25, 0.3) is 11.5 Å². The second-order valence-corrected chi connectivity index (χ2v) is 6.81. The monoisotopic (exact) mass is 357 g/mol. The molecule has 2 aromatic heterocycles. The lowest BCUT2D eigenvalue weighted by Crippen LogP contribution is -2.46. The van der Waals surface area contributed by atoms with E-state index in [1.165, 1.54) is 16.8 Å². The van der Waals surface area contributed by atoms with Gasteiger partial charge in [0.2, 0.25) is 5.91 Å². The van der Waals surface area contributed by atoms with E-state index in [1.54, 1.807) is 17.0 Å². The van der Waals surface area contributed by atoms with Crippen molar-refractivity contribution in [3.05, 3.63) is 40.4 Å². The van der Waals surface area contributed by atoms with Crippen LogP contribution in [-0.4, -0.2) is 52.3 Å². The maximum absolute atomic E-state index is 12.7. The number of hydrogen-bond donors (Lipinski definition) is 2. The van der Waals surface area contributed by atoms with Crippen LogP contribution in [0.1, 0.15) is 30.6 Å². The standard InChI is InChI=1S/C18H23N5O3/c1-12(2)9-16(24)21-14-10-20-15-4-3-13(11-23(15)18(14)26)17(25)22-7-5-19-6-8-22/h3-4,10-12,19H,5-9H2,1-2H3,(H,21,24). The van der Waals surface area contributed by atoms with Crippen LogP contribution in [0.4, 0.5) is 5.69 Å². The Kier molecular flexibility index (Phi) is 5.32. The molecule has 1 aliphatic rings. The summed E-state index contributed by atoms with van der Waals surface area (Å²) < 4.78 is 1.31. The van der Waals surface area contributed by atoms with Crippen LogP contribution in [0.15, 0.2) is 29.3 Å². The zero-order valence-electron chi connectivity index (χ0n) is 15.0. The smallest absolute Gasteiger partial charge is 0.281 e. The largest absolute Gasteiger partial charge is 0.336 e. The molecule has 0 bridgehead atoms. The zero-order valence-corrected chi connectivity index (χ0v) is 15.0. The van der Waals surface area contributed by atoms with Gasteiger partial charge in [-0.2, -0.15) is 0 Å². The van der Waals surface area contributed by atoms with Crippen molar-refractivity contribution in [2.75, 3.05) is 31.5 Å². The van der Waals surface area contributed by atoms with Gasteiger partial charge < -0.3 is 15.5 Å². The molecule has 0 atom stereocenters. The number of nitrogens with zero attached hydrogens (tertiary/aromatic N) is 3. The molecule has 138 valence electrons. The molecule has 1 saturated heterocycles. The van der Waals surface area contributed by atoms with E-state index in [4.69, 9.17) is 0 Å². The molecule has 0 aromatic carbocycles. The number of pyridine rings is 1. The molecular weight excluding hydrogens is 334 g/mol. The first-order chi connectivity index (χ1) is 12.5. The van der Waals surface area contributed by atoms with Crippen LogP contribution in [0, 0.1) is 5.92 Å². The molecule has 0 radical (unpaired) electrons. The molecule has 3 rings (SSSR count). The van der Waals surface area contributed by atoms with E-state index in [0.717, 1.165) is 13.1 Å².